The van der Waals surface area contributed by atoms with Gasteiger partial charge >= 0.3 is 0 Å². The summed E-state index contributed by atoms with van der Waals surface area (Å²) in [5.41, 5.74) is 0.799. The fourth-order valence-corrected chi connectivity index (χ4v) is 4.79. The molecule has 146 valence electrons. The predicted molar refractivity (Wildman–Crippen MR) is 99.1 cm³/mol. The van der Waals surface area contributed by atoms with Gasteiger partial charge in [-0.05, 0) is 37.6 Å². The zero-order valence-electron chi connectivity index (χ0n) is 15.4. The van der Waals surface area contributed by atoms with E-state index in [1.165, 1.54) is 4.90 Å². The molecule has 1 unspecified atom stereocenters. The molecule has 0 aliphatic carbocycles. The number of ether oxygens (including phenoxy) is 1. The Morgan fingerprint density at radius 2 is 2.07 bits per heavy atom. The van der Waals surface area contributed by atoms with Crippen LogP contribution in [-0.4, -0.2) is 60.6 Å². The Morgan fingerprint density at radius 1 is 1.33 bits per heavy atom. The highest BCUT2D eigenvalue weighted by molar-refractivity contribution is 7.91. The quantitative estimate of drug-likeness (QED) is 0.705. The lowest BCUT2D eigenvalue weighted by Crippen LogP contribution is -2.37. The molecule has 0 spiro atoms. The van der Waals surface area contributed by atoms with Gasteiger partial charge in [-0.3, -0.25) is 4.79 Å². The Hall–Kier alpha value is -2.42. The summed E-state index contributed by atoms with van der Waals surface area (Å²) in [4.78, 5) is 18.2. The van der Waals surface area contributed by atoms with Crippen molar-refractivity contribution >= 4 is 15.7 Å². The van der Waals surface area contributed by atoms with Crippen LogP contribution >= 0.6 is 0 Å². The largest absolute Gasteiger partial charge is 0.494 e. The molecule has 1 saturated heterocycles. The maximum Gasteiger partial charge on any atom is 0.227 e. The molecule has 0 bridgehead atoms. The number of hydrogen-bond donors (Lipinski definition) is 0. The Labute approximate surface area is 158 Å². The van der Waals surface area contributed by atoms with Gasteiger partial charge in [-0.15, -0.1) is 0 Å². The monoisotopic (exact) mass is 393 g/mol. The molecule has 0 N–H and O–H groups in total. The zero-order chi connectivity index (χ0) is 19.4. The molecule has 1 atom stereocenters. The van der Waals surface area contributed by atoms with Crippen molar-refractivity contribution in [3.63, 3.8) is 0 Å². The second-order valence-electron chi connectivity index (χ2n) is 6.53. The first-order valence-electron chi connectivity index (χ1n) is 8.90. The van der Waals surface area contributed by atoms with Crippen LogP contribution in [0, 0.1) is 0 Å². The average Bonchev–Trinajstić information content (AvgIpc) is 3.26. The minimum atomic E-state index is -3.02. The van der Waals surface area contributed by atoms with E-state index in [9.17, 15) is 13.2 Å². The summed E-state index contributed by atoms with van der Waals surface area (Å²) in [5, 5.41) is 3.95. The average molecular weight is 393 g/mol. The fraction of sp³-hybridized carbons (Fsp3) is 0.500. The second-order valence-corrected chi connectivity index (χ2v) is 8.76. The van der Waals surface area contributed by atoms with Crippen LogP contribution < -0.4 is 4.74 Å². The second kappa shape index (κ2) is 8.08. The summed E-state index contributed by atoms with van der Waals surface area (Å²) >= 11 is 0. The van der Waals surface area contributed by atoms with Crippen molar-refractivity contribution in [3.8, 4) is 17.1 Å². The molecule has 1 fully saturated rings. The number of amides is 1. The standard InChI is InChI=1S/C18H23N3O5S/c1-3-25-15-6-4-13(5-7-15)18-19-16(26-20-18)8-9-17(22)21(2)14-10-11-27(23,24)12-14/h4-7,14H,3,8-12H2,1-2H3. The Morgan fingerprint density at radius 3 is 2.70 bits per heavy atom. The molecule has 0 saturated carbocycles. The summed E-state index contributed by atoms with van der Waals surface area (Å²) in [5.74, 6) is 1.66. The number of hydrogen-bond acceptors (Lipinski definition) is 7. The molecule has 0 radical (unpaired) electrons. The van der Waals surface area contributed by atoms with E-state index in [4.69, 9.17) is 9.26 Å². The number of carbonyl (C=O) groups is 1. The van der Waals surface area contributed by atoms with Crippen molar-refractivity contribution < 1.29 is 22.5 Å². The van der Waals surface area contributed by atoms with Gasteiger partial charge in [0.15, 0.2) is 9.84 Å². The van der Waals surface area contributed by atoms with Gasteiger partial charge in [0.25, 0.3) is 0 Å². The van der Waals surface area contributed by atoms with E-state index in [1.807, 2.05) is 31.2 Å². The number of nitrogens with zero attached hydrogens (tertiary/aromatic N) is 3. The molecule has 1 aliphatic heterocycles. The van der Waals surface area contributed by atoms with Crippen molar-refractivity contribution in [2.24, 2.45) is 0 Å². The van der Waals surface area contributed by atoms with Crippen LogP contribution in [0.3, 0.4) is 0 Å². The highest BCUT2D eigenvalue weighted by atomic mass is 32.2. The molecule has 9 heteroatoms. The predicted octanol–water partition coefficient (Wildman–Crippen LogP) is 1.71. The van der Waals surface area contributed by atoms with Gasteiger partial charge in [0.2, 0.25) is 17.6 Å². The number of aromatic nitrogens is 2. The third kappa shape index (κ3) is 4.85. The molecule has 1 aromatic carbocycles. The van der Waals surface area contributed by atoms with Crippen molar-refractivity contribution in [1.82, 2.24) is 15.0 Å². The lowest BCUT2D eigenvalue weighted by molar-refractivity contribution is -0.131. The molecular weight excluding hydrogens is 370 g/mol. The maximum atomic E-state index is 12.3. The van der Waals surface area contributed by atoms with Crippen LogP contribution in [-0.2, 0) is 21.1 Å². The minimum Gasteiger partial charge on any atom is -0.494 e. The highest BCUT2D eigenvalue weighted by Crippen LogP contribution is 2.21. The third-order valence-electron chi connectivity index (χ3n) is 4.59. The van der Waals surface area contributed by atoms with E-state index in [2.05, 4.69) is 10.1 Å². The number of sulfone groups is 1. The topological polar surface area (TPSA) is 103 Å². The van der Waals surface area contributed by atoms with Crippen molar-refractivity contribution in [3.05, 3.63) is 30.2 Å². The molecule has 1 amide bonds. The molecule has 27 heavy (non-hydrogen) atoms. The first kappa shape index (κ1) is 19.3. The van der Waals surface area contributed by atoms with Gasteiger partial charge in [-0.1, -0.05) is 5.16 Å². The Bertz CT molecular complexity index is 892. The SMILES string of the molecule is CCOc1ccc(-c2noc(CCC(=O)N(C)C3CCS(=O)(=O)C3)n2)cc1. The molecule has 2 aromatic rings. The van der Waals surface area contributed by atoms with Crippen LogP contribution in [0.25, 0.3) is 11.4 Å². The van der Waals surface area contributed by atoms with Crippen LogP contribution in [0.5, 0.6) is 5.75 Å². The van der Waals surface area contributed by atoms with Gasteiger partial charge in [-0.25, -0.2) is 8.42 Å². The molecule has 2 heterocycles. The lowest BCUT2D eigenvalue weighted by Gasteiger charge is -2.23. The molecule has 8 nitrogen and oxygen atoms in total. The van der Waals surface area contributed by atoms with Crippen molar-refractivity contribution in [2.75, 3.05) is 25.2 Å². The third-order valence-corrected chi connectivity index (χ3v) is 6.34. The van der Waals surface area contributed by atoms with Crippen molar-refractivity contribution in [2.45, 2.75) is 32.2 Å². The highest BCUT2D eigenvalue weighted by Gasteiger charge is 2.32. The van der Waals surface area contributed by atoms with E-state index in [0.29, 0.717) is 31.2 Å². The van der Waals surface area contributed by atoms with Gasteiger partial charge in [0.05, 0.1) is 18.1 Å². The first-order valence-corrected chi connectivity index (χ1v) is 10.7. The van der Waals surface area contributed by atoms with Crippen LogP contribution in [0.2, 0.25) is 0 Å². The fourth-order valence-electron chi connectivity index (χ4n) is 3.02. The number of benzene rings is 1. The maximum absolute atomic E-state index is 12.3. The van der Waals surface area contributed by atoms with Gasteiger partial charge < -0.3 is 14.2 Å². The van der Waals surface area contributed by atoms with Gasteiger partial charge in [0.1, 0.15) is 5.75 Å². The van der Waals surface area contributed by atoms with E-state index in [1.54, 1.807) is 7.05 Å². The molecule has 1 aliphatic rings. The molecular formula is C18H23N3O5S. The van der Waals surface area contributed by atoms with E-state index < -0.39 is 9.84 Å². The lowest BCUT2D eigenvalue weighted by atomic mass is 10.2. The molecule has 3 rings (SSSR count). The van der Waals surface area contributed by atoms with Gasteiger partial charge in [0, 0.05) is 31.5 Å². The van der Waals surface area contributed by atoms with Crippen LogP contribution in [0.1, 0.15) is 25.7 Å². The number of aryl methyl sites for hydroxylation is 1. The first-order chi connectivity index (χ1) is 12.9. The zero-order valence-corrected chi connectivity index (χ0v) is 16.2. The minimum absolute atomic E-state index is 0.0394. The summed E-state index contributed by atoms with van der Waals surface area (Å²) in [6.45, 7) is 2.52. The summed E-state index contributed by atoms with van der Waals surface area (Å²) in [6.07, 6.45) is 0.998. The Kier molecular flexibility index (Phi) is 5.79. The molecule has 1 aromatic heterocycles. The van der Waals surface area contributed by atoms with E-state index in [0.717, 1.165) is 11.3 Å². The smallest absolute Gasteiger partial charge is 0.227 e. The Balaban J connectivity index is 1.55. The normalized spacial score (nSPS) is 18.4. The summed E-state index contributed by atoms with van der Waals surface area (Å²) < 4.78 is 33.8. The number of carbonyl (C=O) groups excluding carboxylic acids is 1. The summed E-state index contributed by atoms with van der Waals surface area (Å²) in [7, 11) is -1.37. The van der Waals surface area contributed by atoms with Crippen LogP contribution in [0.15, 0.2) is 28.8 Å². The van der Waals surface area contributed by atoms with Crippen molar-refractivity contribution in [1.29, 1.82) is 0 Å². The van der Waals surface area contributed by atoms with Crippen LogP contribution in [0.4, 0.5) is 0 Å². The van der Waals surface area contributed by atoms with Gasteiger partial charge in [-0.2, -0.15) is 4.98 Å². The number of rotatable bonds is 7. The van der Waals surface area contributed by atoms with E-state index >= 15 is 0 Å². The van der Waals surface area contributed by atoms with E-state index in [-0.39, 0.29) is 29.9 Å². The summed E-state index contributed by atoms with van der Waals surface area (Å²) in [6, 6.07) is 7.12.